The number of aliphatic hydroxyl groups excluding tert-OH is 3. The van der Waals surface area contributed by atoms with Gasteiger partial charge in [-0.2, -0.15) is 0 Å². The lowest BCUT2D eigenvalue weighted by molar-refractivity contribution is -0.181. The van der Waals surface area contributed by atoms with Gasteiger partial charge >= 0.3 is 0 Å². The molecule has 2 unspecified atom stereocenters. The van der Waals surface area contributed by atoms with Crippen LogP contribution in [0.15, 0.2) is 23.6 Å². The van der Waals surface area contributed by atoms with Gasteiger partial charge in [0.05, 0.1) is 18.8 Å². The maximum atomic E-state index is 10.3. The van der Waals surface area contributed by atoms with Gasteiger partial charge in [-0.1, -0.05) is 0 Å². The van der Waals surface area contributed by atoms with E-state index in [0.717, 1.165) is 5.52 Å². The summed E-state index contributed by atoms with van der Waals surface area (Å²) < 4.78 is 7.55. The van der Waals surface area contributed by atoms with Crippen molar-refractivity contribution in [3.05, 3.63) is 24.2 Å². The second-order valence-corrected chi connectivity index (χ2v) is 5.65. The molecule has 0 aliphatic carbocycles. The van der Waals surface area contributed by atoms with Crippen LogP contribution < -0.4 is 0 Å². The first-order chi connectivity index (χ1) is 11.2. The molecule has 4 heterocycles. The molecular weight excluding hydrogens is 300 g/mol. The lowest BCUT2D eigenvalue weighted by Gasteiger charge is -2.36. The third-order valence-electron chi connectivity index (χ3n) is 4.21. The summed E-state index contributed by atoms with van der Waals surface area (Å²) in [5, 5.41) is 29.5. The molecule has 23 heavy (non-hydrogen) atoms. The van der Waals surface area contributed by atoms with Gasteiger partial charge in [-0.15, -0.1) is 0 Å². The standard InChI is InChI=1S/C15H16N4O4/c20-6-11-9(21)4-10(22)14(23-11)8-5-19-3-1-2-16-15-13(19)12(8)17-7-18-15/h1-3,5,7,9-11,14,20-22H,4,6H2/t9-,10?,11?,14-/m0/s1. The number of aliphatic hydroxyl groups is 3. The van der Waals surface area contributed by atoms with Crippen LogP contribution in [0.2, 0.25) is 0 Å². The number of ether oxygens (including phenoxy) is 1. The molecule has 0 radical (unpaired) electrons. The molecule has 3 N–H and O–H groups in total. The van der Waals surface area contributed by atoms with Crippen molar-refractivity contribution in [2.24, 2.45) is 4.99 Å². The van der Waals surface area contributed by atoms with E-state index >= 15 is 0 Å². The fourth-order valence-corrected chi connectivity index (χ4v) is 3.10. The number of hydrogen-bond donors (Lipinski definition) is 3. The molecule has 2 aromatic rings. The van der Waals surface area contributed by atoms with Gasteiger partial charge in [0.25, 0.3) is 0 Å². The fourth-order valence-electron chi connectivity index (χ4n) is 3.10. The first-order valence-electron chi connectivity index (χ1n) is 7.37. The Kier molecular flexibility index (Phi) is 3.46. The summed E-state index contributed by atoms with van der Waals surface area (Å²) in [6.45, 7) is -0.312. The topological polar surface area (TPSA) is 113 Å². The van der Waals surface area contributed by atoms with E-state index in [-0.39, 0.29) is 13.0 Å². The Morgan fingerprint density at radius 2 is 2.13 bits per heavy atom. The summed E-state index contributed by atoms with van der Waals surface area (Å²) in [4.78, 5) is 12.7. The minimum absolute atomic E-state index is 0.133. The Balaban J connectivity index is 1.84. The van der Waals surface area contributed by atoms with Crippen LogP contribution in [-0.2, 0) is 4.74 Å². The number of aromatic nitrogens is 3. The summed E-state index contributed by atoms with van der Waals surface area (Å²) >= 11 is 0. The average molecular weight is 316 g/mol. The minimum Gasteiger partial charge on any atom is -0.394 e. The smallest absolute Gasteiger partial charge is 0.180 e. The van der Waals surface area contributed by atoms with Crippen LogP contribution in [0.4, 0.5) is 5.82 Å². The van der Waals surface area contributed by atoms with Gasteiger partial charge in [-0.25, -0.2) is 15.0 Å². The van der Waals surface area contributed by atoms with Crippen molar-refractivity contribution < 1.29 is 20.1 Å². The Morgan fingerprint density at radius 1 is 1.26 bits per heavy atom. The van der Waals surface area contributed by atoms with Crippen molar-refractivity contribution in [1.29, 1.82) is 0 Å². The molecule has 4 atom stereocenters. The molecular formula is C15H16N4O4. The summed E-state index contributed by atoms with van der Waals surface area (Å²) in [7, 11) is 0. The maximum absolute atomic E-state index is 10.3. The molecule has 2 aliphatic rings. The van der Waals surface area contributed by atoms with Gasteiger partial charge < -0.3 is 24.6 Å². The van der Waals surface area contributed by atoms with Crippen LogP contribution in [-0.4, -0.2) is 61.0 Å². The molecule has 0 bridgehead atoms. The molecule has 2 aliphatic heterocycles. The van der Waals surface area contributed by atoms with Crippen LogP contribution in [0.3, 0.4) is 0 Å². The van der Waals surface area contributed by atoms with Crippen LogP contribution in [0.5, 0.6) is 0 Å². The van der Waals surface area contributed by atoms with E-state index in [1.807, 2.05) is 17.0 Å². The highest BCUT2D eigenvalue weighted by molar-refractivity contribution is 5.94. The molecule has 0 amide bonds. The van der Waals surface area contributed by atoms with E-state index in [1.165, 1.54) is 6.33 Å². The van der Waals surface area contributed by atoms with E-state index < -0.39 is 24.4 Å². The third kappa shape index (κ3) is 2.27. The lowest BCUT2D eigenvalue weighted by Crippen LogP contribution is -2.44. The van der Waals surface area contributed by atoms with Crippen molar-refractivity contribution in [1.82, 2.24) is 14.5 Å². The van der Waals surface area contributed by atoms with E-state index in [0.29, 0.717) is 16.9 Å². The number of nitrogens with zero attached hydrogens (tertiary/aromatic N) is 4. The van der Waals surface area contributed by atoms with Gasteiger partial charge in [0, 0.05) is 30.6 Å². The number of hydrogen-bond acceptors (Lipinski definition) is 7. The summed E-state index contributed by atoms with van der Waals surface area (Å²) in [6, 6.07) is 0. The van der Waals surface area contributed by atoms with Crippen molar-refractivity contribution in [2.75, 3.05) is 6.61 Å². The summed E-state index contributed by atoms with van der Waals surface area (Å²) in [5.41, 5.74) is 2.05. The zero-order valence-electron chi connectivity index (χ0n) is 12.1. The zero-order valence-corrected chi connectivity index (χ0v) is 12.1. The second-order valence-electron chi connectivity index (χ2n) is 5.65. The number of allylic oxidation sites excluding steroid dienone is 1. The van der Waals surface area contributed by atoms with Crippen molar-refractivity contribution in [3.63, 3.8) is 0 Å². The van der Waals surface area contributed by atoms with E-state index in [2.05, 4.69) is 15.0 Å². The van der Waals surface area contributed by atoms with Gasteiger partial charge in [0.15, 0.2) is 5.82 Å². The van der Waals surface area contributed by atoms with E-state index in [4.69, 9.17) is 4.74 Å². The van der Waals surface area contributed by atoms with Gasteiger partial charge in [-0.3, -0.25) is 0 Å². The van der Waals surface area contributed by atoms with Crippen LogP contribution >= 0.6 is 0 Å². The highest BCUT2D eigenvalue weighted by Gasteiger charge is 2.38. The first kappa shape index (κ1) is 14.5. The van der Waals surface area contributed by atoms with Crippen LogP contribution in [0, 0.1) is 0 Å². The molecule has 0 spiro atoms. The quantitative estimate of drug-likeness (QED) is 0.727. The monoisotopic (exact) mass is 316 g/mol. The molecule has 0 saturated carbocycles. The van der Waals surface area contributed by atoms with E-state index in [1.54, 1.807) is 12.3 Å². The normalized spacial score (nSPS) is 29.9. The van der Waals surface area contributed by atoms with Gasteiger partial charge in [-0.05, 0) is 6.08 Å². The number of rotatable bonds is 2. The molecule has 120 valence electrons. The van der Waals surface area contributed by atoms with E-state index in [9.17, 15) is 15.3 Å². The van der Waals surface area contributed by atoms with Crippen molar-refractivity contribution in [2.45, 2.75) is 30.8 Å². The van der Waals surface area contributed by atoms with Gasteiger partial charge in [0.2, 0.25) is 0 Å². The van der Waals surface area contributed by atoms with Crippen LogP contribution in [0.1, 0.15) is 18.1 Å². The largest absolute Gasteiger partial charge is 0.394 e. The van der Waals surface area contributed by atoms with Crippen LogP contribution in [0.25, 0.3) is 17.2 Å². The van der Waals surface area contributed by atoms with Crippen molar-refractivity contribution >= 4 is 29.3 Å². The SMILES string of the molecule is OCC1O[C@@H](c2cn3c4c(ncnc24)N=CC=C3)C(O)C[C@@H]1O. The Bertz CT molecular complexity index is 800. The Hall–Kier alpha value is -2.13. The summed E-state index contributed by atoms with van der Waals surface area (Å²) in [5.74, 6) is 0.537. The molecule has 1 saturated heterocycles. The first-order valence-corrected chi connectivity index (χ1v) is 7.37. The molecule has 8 nitrogen and oxygen atoms in total. The predicted molar refractivity (Wildman–Crippen MR) is 82.3 cm³/mol. The molecule has 8 heteroatoms. The second kappa shape index (κ2) is 5.50. The van der Waals surface area contributed by atoms with Crippen molar-refractivity contribution in [3.8, 4) is 0 Å². The molecule has 1 fully saturated rings. The molecule has 4 rings (SSSR count). The Labute approximate surface area is 131 Å². The highest BCUT2D eigenvalue weighted by Crippen LogP contribution is 2.38. The Morgan fingerprint density at radius 3 is 2.96 bits per heavy atom. The lowest BCUT2D eigenvalue weighted by atomic mass is 9.94. The molecule has 2 aromatic heterocycles. The van der Waals surface area contributed by atoms with Gasteiger partial charge in [0.1, 0.15) is 29.6 Å². The zero-order chi connectivity index (χ0) is 16.0. The third-order valence-corrected chi connectivity index (χ3v) is 4.21. The summed E-state index contributed by atoms with van der Waals surface area (Å²) in [6.07, 6.45) is 5.42. The minimum atomic E-state index is -0.895. The predicted octanol–water partition coefficient (Wildman–Crippen LogP) is 0.162. The maximum Gasteiger partial charge on any atom is 0.180 e. The fraction of sp³-hybridized carbons (Fsp3) is 0.400. The average Bonchev–Trinajstić information content (AvgIpc) is 2.78. The molecule has 0 aromatic carbocycles. The number of aliphatic imine (C=N–C) groups is 1. The highest BCUT2D eigenvalue weighted by atomic mass is 16.5.